The van der Waals surface area contributed by atoms with E-state index >= 15 is 0 Å². The van der Waals surface area contributed by atoms with E-state index in [4.69, 9.17) is 11.6 Å². The number of carbonyl (C=O) groups excluding carboxylic acids is 1. The van der Waals surface area contributed by atoms with E-state index in [1.165, 1.54) is 37.1 Å². The summed E-state index contributed by atoms with van der Waals surface area (Å²) in [6.45, 7) is 4.06. The van der Waals surface area contributed by atoms with Crippen LogP contribution in [-0.2, 0) is 13.0 Å². The van der Waals surface area contributed by atoms with Crippen molar-refractivity contribution < 1.29 is 4.79 Å². The van der Waals surface area contributed by atoms with Gasteiger partial charge in [0.15, 0.2) is 0 Å². The lowest BCUT2D eigenvalue weighted by molar-refractivity contribution is 0.0955. The Hall–Kier alpha value is -2.82. The number of likely N-dealkylation sites (tertiary alicyclic amines) is 1. The van der Waals surface area contributed by atoms with Crippen molar-refractivity contribution in [1.29, 1.82) is 0 Å². The molecule has 1 saturated heterocycles. The molecule has 2 N–H and O–H groups in total. The first kappa shape index (κ1) is 22.4. The van der Waals surface area contributed by atoms with E-state index < -0.39 is 0 Å². The molecule has 0 atom stereocenters. The summed E-state index contributed by atoms with van der Waals surface area (Å²) in [5, 5.41) is 6.92. The summed E-state index contributed by atoms with van der Waals surface area (Å²) in [4.78, 5) is 15.3. The lowest BCUT2D eigenvalue weighted by atomic mass is 10.0. The molecule has 5 heteroatoms. The Labute approximate surface area is 195 Å². The molecule has 32 heavy (non-hydrogen) atoms. The zero-order valence-corrected chi connectivity index (χ0v) is 19.3. The molecule has 0 aliphatic carbocycles. The van der Waals surface area contributed by atoms with Gasteiger partial charge in [0.25, 0.3) is 5.91 Å². The zero-order valence-electron chi connectivity index (χ0n) is 18.5. The number of nitrogens with zero attached hydrogens (tertiary/aromatic N) is 1. The highest BCUT2D eigenvalue weighted by molar-refractivity contribution is 6.30. The van der Waals surface area contributed by atoms with E-state index in [2.05, 4.69) is 39.8 Å². The van der Waals surface area contributed by atoms with Gasteiger partial charge in [-0.05, 0) is 78.9 Å². The quantitative estimate of drug-likeness (QED) is 0.471. The van der Waals surface area contributed by atoms with Crippen LogP contribution in [0.4, 0.5) is 5.69 Å². The summed E-state index contributed by atoms with van der Waals surface area (Å²) in [5.74, 6) is -0.0670. The zero-order chi connectivity index (χ0) is 22.3. The number of hydrogen-bond donors (Lipinski definition) is 2. The molecule has 4 rings (SSSR count). The number of anilines is 1. The van der Waals surface area contributed by atoms with Crippen LogP contribution in [0.1, 0.15) is 34.3 Å². The monoisotopic (exact) mass is 447 g/mol. The predicted octanol–water partition coefficient (Wildman–Crippen LogP) is 5.62. The van der Waals surface area contributed by atoms with Gasteiger partial charge in [0.2, 0.25) is 0 Å². The van der Waals surface area contributed by atoms with Crippen molar-refractivity contribution in [1.82, 2.24) is 10.2 Å². The molecule has 0 spiro atoms. The van der Waals surface area contributed by atoms with Gasteiger partial charge in [-0.25, -0.2) is 0 Å². The average molecular weight is 448 g/mol. The fraction of sp³-hybridized carbons (Fsp3) is 0.296. The summed E-state index contributed by atoms with van der Waals surface area (Å²) in [7, 11) is 1.83. The average Bonchev–Trinajstić information content (AvgIpc) is 3.33. The third kappa shape index (κ3) is 5.70. The van der Waals surface area contributed by atoms with Crippen molar-refractivity contribution in [3.05, 3.63) is 88.4 Å². The summed E-state index contributed by atoms with van der Waals surface area (Å²) in [5.41, 5.74) is 6.15. The molecule has 3 aromatic carbocycles. The maximum atomic E-state index is 12.8. The molecule has 0 unspecified atom stereocenters. The van der Waals surface area contributed by atoms with Crippen LogP contribution in [0.15, 0.2) is 66.7 Å². The second-order valence-electron chi connectivity index (χ2n) is 8.32. The Balaban J connectivity index is 1.32. The van der Waals surface area contributed by atoms with Crippen molar-refractivity contribution in [2.24, 2.45) is 0 Å². The van der Waals surface area contributed by atoms with Crippen LogP contribution in [0.2, 0.25) is 5.02 Å². The molecule has 3 aromatic rings. The fourth-order valence-corrected chi connectivity index (χ4v) is 4.32. The first-order valence-electron chi connectivity index (χ1n) is 11.3. The molecule has 1 fully saturated rings. The minimum Gasteiger partial charge on any atom is -0.387 e. The number of nitrogens with one attached hydrogen (secondary N) is 2. The molecular weight excluding hydrogens is 418 g/mol. The topological polar surface area (TPSA) is 44.4 Å². The maximum absolute atomic E-state index is 12.8. The molecule has 1 aliphatic heterocycles. The lowest BCUT2D eigenvalue weighted by Crippen LogP contribution is -2.26. The van der Waals surface area contributed by atoms with Gasteiger partial charge >= 0.3 is 0 Å². The smallest absolute Gasteiger partial charge is 0.253 e. The number of halogens is 1. The molecule has 1 aliphatic rings. The summed E-state index contributed by atoms with van der Waals surface area (Å²) >= 11 is 5.99. The van der Waals surface area contributed by atoms with Crippen molar-refractivity contribution in [2.75, 3.05) is 32.0 Å². The first-order valence-corrected chi connectivity index (χ1v) is 11.7. The van der Waals surface area contributed by atoms with Crippen LogP contribution in [0.3, 0.4) is 0 Å². The maximum Gasteiger partial charge on any atom is 0.253 e. The second kappa shape index (κ2) is 10.7. The van der Waals surface area contributed by atoms with Crippen molar-refractivity contribution in [2.45, 2.75) is 25.8 Å². The van der Waals surface area contributed by atoms with Crippen LogP contribution in [0.25, 0.3) is 11.1 Å². The minimum atomic E-state index is -0.0670. The Morgan fingerprint density at radius 2 is 1.56 bits per heavy atom. The normalized spacial score (nSPS) is 13.8. The van der Waals surface area contributed by atoms with E-state index in [0.717, 1.165) is 29.8 Å². The van der Waals surface area contributed by atoms with Gasteiger partial charge < -0.3 is 10.6 Å². The van der Waals surface area contributed by atoms with E-state index in [9.17, 15) is 4.79 Å². The largest absolute Gasteiger partial charge is 0.387 e. The van der Waals surface area contributed by atoms with Gasteiger partial charge in [-0.15, -0.1) is 0 Å². The molecule has 166 valence electrons. The van der Waals surface area contributed by atoms with E-state index in [-0.39, 0.29) is 5.91 Å². The first-order chi connectivity index (χ1) is 15.6. The number of benzene rings is 3. The van der Waals surface area contributed by atoms with Gasteiger partial charge in [0.05, 0.1) is 5.56 Å². The van der Waals surface area contributed by atoms with Crippen LogP contribution < -0.4 is 10.6 Å². The van der Waals surface area contributed by atoms with Gasteiger partial charge in [0.1, 0.15) is 0 Å². The van der Waals surface area contributed by atoms with Gasteiger partial charge in [0, 0.05) is 30.8 Å². The molecule has 1 heterocycles. The second-order valence-corrected chi connectivity index (χ2v) is 8.76. The van der Waals surface area contributed by atoms with Crippen LogP contribution in [-0.4, -0.2) is 37.5 Å². The number of amides is 1. The molecule has 0 radical (unpaired) electrons. The molecule has 4 nitrogen and oxygen atoms in total. The van der Waals surface area contributed by atoms with Gasteiger partial charge in [-0.3, -0.25) is 9.69 Å². The molecule has 0 saturated carbocycles. The fourth-order valence-electron chi connectivity index (χ4n) is 4.20. The Bertz CT molecular complexity index is 1040. The van der Waals surface area contributed by atoms with E-state index in [1.807, 2.05) is 49.5 Å². The van der Waals surface area contributed by atoms with Crippen LogP contribution in [0, 0.1) is 0 Å². The number of hydrogen-bond acceptors (Lipinski definition) is 3. The highest BCUT2D eigenvalue weighted by Gasteiger charge is 2.13. The lowest BCUT2D eigenvalue weighted by Gasteiger charge is -2.15. The molecular formula is C27H30ClN3O. The van der Waals surface area contributed by atoms with Gasteiger partial charge in [-0.2, -0.15) is 0 Å². The highest BCUT2D eigenvalue weighted by atomic mass is 35.5. The number of rotatable bonds is 8. The Morgan fingerprint density at radius 1 is 0.906 bits per heavy atom. The van der Waals surface area contributed by atoms with Gasteiger partial charge in [-0.1, -0.05) is 54.1 Å². The van der Waals surface area contributed by atoms with E-state index in [1.54, 1.807) is 0 Å². The molecule has 1 amide bonds. The molecule has 0 aromatic heterocycles. The minimum absolute atomic E-state index is 0.0670. The van der Waals surface area contributed by atoms with Crippen LogP contribution >= 0.6 is 11.6 Å². The van der Waals surface area contributed by atoms with Crippen LogP contribution in [0.5, 0.6) is 0 Å². The number of carbonyl (C=O) groups is 1. The standard InChI is InChI=1S/C27H30ClN3O/c1-29-26-18-23(22-8-11-24(28)12-9-22)10-13-25(26)27(32)30-15-14-20-4-6-21(7-5-20)19-31-16-2-3-17-31/h4-13,18,29H,2-3,14-17,19H2,1H3,(H,30,32). The predicted molar refractivity (Wildman–Crippen MR) is 133 cm³/mol. The van der Waals surface area contributed by atoms with Crippen molar-refractivity contribution >= 4 is 23.2 Å². The Kier molecular flexibility index (Phi) is 7.46. The third-order valence-electron chi connectivity index (χ3n) is 6.04. The van der Waals surface area contributed by atoms with Crippen molar-refractivity contribution in [3.8, 4) is 11.1 Å². The third-order valence-corrected chi connectivity index (χ3v) is 6.29. The molecule has 0 bridgehead atoms. The van der Waals surface area contributed by atoms with E-state index in [0.29, 0.717) is 17.1 Å². The Morgan fingerprint density at radius 3 is 2.25 bits per heavy atom. The highest BCUT2D eigenvalue weighted by Crippen LogP contribution is 2.27. The van der Waals surface area contributed by atoms with Crippen molar-refractivity contribution in [3.63, 3.8) is 0 Å². The SMILES string of the molecule is CNc1cc(-c2ccc(Cl)cc2)ccc1C(=O)NCCc1ccc(CN2CCCC2)cc1. The summed E-state index contributed by atoms with van der Waals surface area (Å²) < 4.78 is 0. The summed E-state index contributed by atoms with van der Waals surface area (Å²) in [6, 6.07) is 22.3. The summed E-state index contributed by atoms with van der Waals surface area (Å²) in [6.07, 6.45) is 3.45.